The number of ether oxygens (including phenoxy) is 1. The lowest BCUT2D eigenvalue weighted by atomic mass is 10.1. The van der Waals surface area contributed by atoms with E-state index in [4.69, 9.17) is 4.74 Å². The van der Waals surface area contributed by atoms with Crippen LogP contribution in [0.15, 0.2) is 24.3 Å². The van der Waals surface area contributed by atoms with Crippen molar-refractivity contribution in [3.05, 3.63) is 46.8 Å². The molecule has 0 bridgehead atoms. The first kappa shape index (κ1) is 18.3. The Balaban J connectivity index is 0.00000208. The van der Waals surface area contributed by atoms with Gasteiger partial charge in [0.25, 0.3) is 5.91 Å². The fourth-order valence-electron chi connectivity index (χ4n) is 2.62. The number of aryl methyl sites for hydroxylation is 1. The van der Waals surface area contributed by atoms with Gasteiger partial charge in [-0.25, -0.2) is 0 Å². The number of fused-ring (bicyclic) bond motifs is 1. The molecule has 7 heteroatoms. The summed E-state index contributed by atoms with van der Waals surface area (Å²) in [5.74, 6) is 0.747. The molecule has 2 heterocycles. The maximum Gasteiger partial charge on any atom is 0.274 e. The van der Waals surface area contributed by atoms with Gasteiger partial charge in [-0.3, -0.25) is 9.89 Å². The third kappa shape index (κ3) is 4.07. The van der Waals surface area contributed by atoms with Crippen LogP contribution in [0.1, 0.15) is 27.3 Å². The molecule has 0 radical (unpaired) electrons. The summed E-state index contributed by atoms with van der Waals surface area (Å²) in [6.07, 6.45) is 0.885. The molecule has 1 aliphatic rings. The first-order valence-electron chi connectivity index (χ1n) is 7.87. The van der Waals surface area contributed by atoms with Gasteiger partial charge >= 0.3 is 0 Å². The molecule has 24 heavy (non-hydrogen) atoms. The van der Waals surface area contributed by atoms with Gasteiger partial charge in [-0.2, -0.15) is 5.10 Å². The fourth-order valence-corrected chi connectivity index (χ4v) is 2.62. The van der Waals surface area contributed by atoms with Crippen LogP contribution in [0.2, 0.25) is 0 Å². The second kappa shape index (κ2) is 8.17. The van der Waals surface area contributed by atoms with Crippen LogP contribution in [0.25, 0.3) is 0 Å². The summed E-state index contributed by atoms with van der Waals surface area (Å²) in [7, 11) is 1.78. The number of benzene rings is 1. The van der Waals surface area contributed by atoms with E-state index in [1.807, 2.05) is 31.2 Å². The van der Waals surface area contributed by atoms with Gasteiger partial charge < -0.3 is 15.0 Å². The molecule has 6 nitrogen and oxygen atoms in total. The van der Waals surface area contributed by atoms with E-state index in [0.717, 1.165) is 30.0 Å². The lowest BCUT2D eigenvalue weighted by Crippen LogP contribution is -2.33. The molecule has 2 N–H and O–H groups in total. The second-order valence-corrected chi connectivity index (χ2v) is 5.84. The van der Waals surface area contributed by atoms with Crippen molar-refractivity contribution in [2.45, 2.75) is 19.9 Å². The first-order valence-corrected chi connectivity index (χ1v) is 7.87. The number of nitrogens with zero attached hydrogens (tertiary/aromatic N) is 2. The van der Waals surface area contributed by atoms with Crippen LogP contribution in [0, 0.1) is 6.92 Å². The van der Waals surface area contributed by atoms with Crippen LogP contribution >= 0.6 is 12.4 Å². The Hall–Kier alpha value is -2.05. The lowest BCUT2D eigenvalue weighted by Gasteiger charge is -2.18. The molecule has 130 valence electrons. The molecule has 0 saturated heterocycles. The number of amides is 1. The molecule has 0 saturated carbocycles. The monoisotopic (exact) mass is 350 g/mol. The predicted molar refractivity (Wildman–Crippen MR) is 94.9 cm³/mol. The third-order valence-corrected chi connectivity index (χ3v) is 4.07. The van der Waals surface area contributed by atoms with Crippen molar-refractivity contribution in [1.29, 1.82) is 0 Å². The lowest BCUT2D eigenvalue weighted by molar-refractivity contribution is 0.0766. The Morgan fingerprint density at radius 3 is 2.83 bits per heavy atom. The van der Waals surface area contributed by atoms with Gasteiger partial charge in [-0.05, 0) is 19.1 Å². The van der Waals surface area contributed by atoms with E-state index >= 15 is 0 Å². The molecule has 3 rings (SSSR count). The van der Waals surface area contributed by atoms with Crippen molar-refractivity contribution in [3.63, 3.8) is 0 Å². The van der Waals surface area contributed by atoms with Crippen molar-refractivity contribution in [2.24, 2.45) is 0 Å². The van der Waals surface area contributed by atoms with Crippen LogP contribution in [-0.2, 0) is 13.0 Å². The number of aromatic amines is 1. The third-order valence-electron chi connectivity index (χ3n) is 4.07. The van der Waals surface area contributed by atoms with E-state index in [2.05, 4.69) is 15.5 Å². The van der Waals surface area contributed by atoms with Gasteiger partial charge in [0.05, 0.1) is 6.54 Å². The van der Waals surface area contributed by atoms with Crippen LogP contribution in [-0.4, -0.2) is 47.7 Å². The predicted octanol–water partition coefficient (Wildman–Crippen LogP) is 1.94. The van der Waals surface area contributed by atoms with Crippen LogP contribution in [0.4, 0.5) is 0 Å². The number of hydrogen-bond donors (Lipinski definition) is 2. The topological polar surface area (TPSA) is 70.2 Å². The summed E-state index contributed by atoms with van der Waals surface area (Å²) in [5.41, 5.74) is 3.77. The van der Waals surface area contributed by atoms with Crippen molar-refractivity contribution in [2.75, 3.05) is 26.7 Å². The summed E-state index contributed by atoms with van der Waals surface area (Å²) in [4.78, 5) is 14.2. The molecule has 0 atom stereocenters. The average molecular weight is 351 g/mol. The van der Waals surface area contributed by atoms with Gasteiger partial charge in [0.15, 0.2) is 5.69 Å². The fraction of sp³-hybridized carbons (Fsp3) is 0.412. The number of carbonyl (C=O) groups excluding carboxylic acids is 1. The summed E-state index contributed by atoms with van der Waals surface area (Å²) in [6, 6.07) is 7.89. The van der Waals surface area contributed by atoms with Crippen LogP contribution in [0.3, 0.4) is 0 Å². The maximum absolute atomic E-state index is 12.5. The number of nitrogens with one attached hydrogen (secondary N) is 2. The quantitative estimate of drug-likeness (QED) is 0.864. The van der Waals surface area contributed by atoms with Crippen molar-refractivity contribution in [1.82, 2.24) is 20.4 Å². The van der Waals surface area contributed by atoms with Crippen LogP contribution in [0.5, 0.6) is 5.75 Å². The number of hydrogen-bond acceptors (Lipinski definition) is 4. The molecule has 0 unspecified atom stereocenters. The molecule has 1 amide bonds. The highest BCUT2D eigenvalue weighted by Crippen LogP contribution is 2.17. The van der Waals surface area contributed by atoms with Gasteiger partial charge in [-0.15, -0.1) is 12.4 Å². The molecule has 0 aliphatic carbocycles. The minimum absolute atomic E-state index is 0. The Kier molecular flexibility index (Phi) is 6.23. The largest absolute Gasteiger partial charge is 0.492 e. The van der Waals surface area contributed by atoms with E-state index in [1.165, 1.54) is 5.56 Å². The van der Waals surface area contributed by atoms with Gasteiger partial charge in [-0.1, -0.05) is 17.7 Å². The smallest absolute Gasteiger partial charge is 0.274 e. The zero-order chi connectivity index (χ0) is 16.2. The van der Waals surface area contributed by atoms with Gasteiger partial charge in [0.2, 0.25) is 0 Å². The van der Waals surface area contributed by atoms with E-state index in [1.54, 1.807) is 11.9 Å². The second-order valence-electron chi connectivity index (χ2n) is 5.84. The highest BCUT2D eigenvalue weighted by atomic mass is 35.5. The molecule has 1 aliphatic heterocycles. The number of carbonyl (C=O) groups is 1. The van der Waals surface area contributed by atoms with E-state index in [9.17, 15) is 4.79 Å². The average Bonchev–Trinajstić information content (AvgIpc) is 3.00. The molecular weight excluding hydrogens is 328 g/mol. The Labute approximate surface area is 148 Å². The molecule has 1 aromatic carbocycles. The normalized spacial score (nSPS) is 12.9. The SMILES string of the molecule is Cc1ccc(OCCN(C)C(=O)c2n[nH]c3c2CNCC3)cc1.Cl. The molecular formula is C17H23ClN4O2. The highest BCUT2D eigenvalue weighted by molar-refractivity contribution is 5.93. The summed E-state index contributed by atoms with van der Waals surface area (Å²) in [6.45, 7) is 4.62. The Bertz CT molecular complexity index is 684. The van der Waals surface area contributed by atoms with E-state index in [-0.39, 0.29) is 18.3 Å². The van der Waals surface area contributed by atoms with Crippen molar-refractivity contribution in [3.8, 4) is 5.75 Å². The van der Waals surface area contributed by atoms with Gasteiger partial charge in [0.1, 0.15) is 12.4 Å². The zero-order valence-corrected chi connectivity index (χ0v) is 14.8. The Morgan fingerprint density at radius 2 is 2.08 bits per heavy atom. The molecule has 1 aromatic heterocycles. The number of likely N-dealkylation sites (N-methyl/N-ethyl adjacent to an activating group) is 1. The molecule has 2 aromatic rings. The minimum atomic E-state index is -0.0706. The number of aromatic nitrogens is 2. The zero-order valence-electron chi connectivity index (χ0n) is 14.0. The van der Waals surface area contributed by atoms with Gasteiger partial charge in [0, 0.05) is 37.8 Å². The number of halogens is 1. The number of H-pyrrole nitrogens is 1. The summed E-state index contributed by atoms with van der Waals surface area (Å²) in [5, 5.41) is 10.5. The molecule has 0 fully saturated rings. The van der Waals surface area contributed by atoms with E-state index in [0.29, 0.717) is 25.4 Å². The first-order chi connectivity index (χ1) is 11.1. The van der Waals surface area contributed by atoms with E-state index < -0.39 is 0 Å². The molecule has 0 spiro atoms. The number of rotatable bonds is 5. The Morgan fingerprint density at radius 1 is 1.33 bits per heavy atom. The summed E-state index contributed by atoms with van der Waals surface area (Å²) < 4.78 is 5.68. The van der Waals surface area contributed by atoms with Crippen molar-refractivity contribution >= 4 is 18.3 Å². The standard InChI is InChI=1S/C17H22N4O2.ClH/c1-12-3-5-13(6-4-12)23-10-9-21(2)17(22)16-14-11-18-8-7-15(14)19-20-16;/h3-6,18H,7-11H2,1-2H3,(H,19,20);1H. The highest BCUT2D eigenvalue weighted by Gasteiger charge is 2.23. The minimum Gasteiger partial charge on any atom is -0.492 e. The maximum atomic E-state index is 12.5. The summed E-state index contributed by atoms with van der Waals surface area (Å²) >= 11 is 0. The van der Waals surface area contributed by atoms with Crippen molar-refractivity contribution < 1.29 is 9.53 Å². The van der Waals surface area contributed by atoms with Crippen LogP contribution < -0.4 is 10.1 Å².